The first-order chi connectivity index (χ1) is 14.8. The molecule has 2 amide bonds. The molecule has 0 aromatic heterocycles. The summed E-state index contributed by atoms with van der Waals surface area (Å²) in [6, 6.07) is 15.8. The van der Waals surface area contributed by atoms with Gasteiger partial charge in [-0.05, 0) is 66.7 Å². The second-order valence-corrected chi connectivity index (χ2v) is 8.72. The number of rotatable bonds is 12. The van der Waals surface area contributed by atoms with Crippen LogP contribution in [0.15, 0.2) is 48.5 Å². The Morgan fingerprint density at radius 1 is 0.636 bits per heavy atom. The molecule has 33 heavy (non-hydrogen) atoms. The summed E-state index contributed by atoms with van der Waals surface area (Å²) in [5, 5.41) is 12.1. The molecule has 0 atom stereocenters. The second-order valence-electron chi connectivity index (χ2n) is 8.72. The van der Waals surface area contributed by atoms with Crippen LogP contribution in [0.3, 0.4) is 0 Å². The van der Waals surface area contributed by atoms with Gasteiger partial charge in [0, 0.05) is 11.4 Å². The third-order valence-corrected chi connectivity index (χ3v) is 4.56. The molecular formula is C25H38Cl2N4O2. The maximum absolute atomic E-state index is 12.0. The van der Waals surface area contributed by atoms with Crippen molar-refractivity contribution in [3.8, 4) is 0 Å². The first-order valence-electron chi connectivity index (χ1n) is 11.0. The fourth-order valence-corrected chi connectivity index (χ4v) is 3.01. The fourth-order valence-electron chi connectivity index (χ4n) is 3.01. The largest absolute Gasteiger partial charge is 0.325 e. The van der Waals surface area contributed by atoms with Crippen molar-refractivity contribution in [3.63, 3.8) is 0 Å². The van der Waals surface area contributed by atoms with Crippen molar-refractivity contribution in [2.24, 2.45) is 11.8 Å². The lowest BCUT2D eigenvalue weighted by atomic mass is 10.0. The molecule has 6 nitrogen and oxygen atoms in total. The van der Waals surface area contributed by atoms with E-state index in [1.807, 2.05) is 48.5 Å². The molecule has 0 saturated heterocycles. The molecule has 0 aliphatic heterocycles. The highest BCUT2D eigenvalue weighted by Gasteiger charge is 2.05. The monoisotopic (exact) mass is 496 g/mol. The van der Waals surface area contributed by atoms with Crippen LogP contribution in [-0.4, -0.2) is 38.0 Å². The molecule has 2 aromatic rings. The number of anilines is 2. The number of carbonyl (C=O) groups is 2. The zero-order chi connectivity index (χ0) is 22.6. The Labute approximate surface area is 210 Å². The number of hydrogen-bond donors (Lipinski definition) is 4. The Morgan fingerprint density at radius 3 is 1.27 bits per heavy atom. The molecule has 0 aliphatic carbocycles. The van der Waals surface area contributed by atoms with E-state index >= 15 is 0 Å². The molecule has 0 fully saturated rings. The summed E-state index contributed by atoms with van der Waals surface area (Å²) in [4.78, 5) is 23.9. The van der Waals surface area contributed by atoms with E-state index in [1.165, 1.54) is 0 Å². The minimum Gasteiger partial charge on any atom is -0.325 e. The van der Waals surface area contributed by atoms with Crippen molar-refractivity contribution in [1.82, 2.24) is 10.6 Å². The van der Waals surface area contributed by atoms with Gasteiger partial charge >= 0.3 is 0 Å². The van der Waals surface area contributed by atoms with E-state index in [9.17, 15) is 9.59 Å². The summed E-state index contributed by atoms with van der Waals surface area (Å²) in [5.41, 5.74) is 3.91. The highest BCUT2D eigenvalue weighted by atomic mass is 35.5. The molecule has 4 N–H and O–H groups in total. The average molecular weight is 498 g/mol. The lowest BCUT2D eigenvalue weighted by molar-refractivity contribution is -0.116. The van der Waals surface area contributed by atoms with E-state index in [-0.39, 0.29) is 36.6 Å². The summed E-state index contributed by atoms with van der Waals surface area (Å²) < 4.78 is 0. The molecule has 8 heteroatoms. The van der Waals surface area contributed by atoms with Crippen molar-refractivity contribution in [3.05, 3.63) is 59.7 Å². The van der Waals surface area contributed by atoms with Gasteiger partial charge in [0.05, 0.1) is 13.1 Å². The SMILES string of the molecule is CC(C)CNCC(=O)Nc1ccc(Cc2ccc(NC(=O)CNCC(C)C)cc2)cc1.Cl.Cl. The van der Waals surface area contributed by atoms with Crippen LogP contribution in [0, 0.1) is 11.8 Å². The average Bonchev–Trinajstić information content (AvgIpc) is 2.70. The van der Waals surface area contributed by atoms with Crippen molar-refractivity contribution in [2.75, 3.05) is 36.8 Å². The molecule has 184 valence electrons. The Balaban J connectivity index is 0.00000512. The summed E-state index contributed by atoms with van der Waals surface area (Å²) in [6.07, 6.45) is 0.786. The van der Waals surface area contributed by atoms with Gasteiger partial charge in [0.2, 0.25) is 11.8 Å². The van der Waals surface area contributed by atoms with Gasteiger partial charge < -0.3 is 21.3 Å². The molecule has 0 aliphatic rings. The molecule has 0 saturated carbocycles. The molecular weight excluding hydrogens is 459 g/mol. The number of hydrogen-bond acceptors (Lipinski definition) is 4. The number of amides is 2. The van der Waals surface area contributed by atoms with E-state index in [4.69, 9.17) is 0 Å². The molecule has 0 bridgehead atoms. The van der Waals surface area contributed by atoms with Crippen LogP contribution < -0.4 is 21.3 Å². The first-order valence-corrected chi connectivity index (χ1v) is 11.0. The van der Waals surface area contributed by atoms with Crippen molar-refractivity contribution < 1.29 is 9.59 Å². The Morgan fingerprint density at radius 2 is 0.970 bits per heavy atom. The summed E-state index contributed by atoms with van der Waals surface area (Å²) >= 11 is 0. The maximum Gasteiger partial charge on any atom is 0.238 e. The standard InChI is InChI=1S/C25H36N4O2.2ClH/c1-18(2)14-26-16-24(30)28-22-9-5-20(6-10-22)13-21-7-11-23(12-8-21)29-25(31)17-27-15-19(3)4;;/h5-12,18-19,26-27H,13-17H2,1-4H3,(H,28,30)(H,29,31);2*1H. The fraction of sp³-hybridized carbons (Fsp3) is 0.440. The van der Waals surface area contributed by atoms with Gasteiger partial charge in [-0.1, -0.05) is 52.0 Å². The van der Waals surface area contributed by atoms with E-state index < -0.39 is 0 Å². The predicted octanol–water partition coefficient (Wildman–Crippen LogP) is 4.49. The first kappa shape index (κ1) is 30.9. The number of halogens is 2. The molecule has 2 rings (SSSR count). The normalized spacial score (nSPS) is 10.4. The zero-order valence-electron chi connectivity index (χ0n) is 19.9. The van der Waals surface area contributed by atoms with Gasteiger partial charge in [0.1, 0.15) is 0 Å². The number of carbonyl (C=O) groups excluding carboxylic acids is 2. The minimum atomic E-state index is -0.0366. The summed E-state index contributed by atoms with van der Waals surface area (Å²) in [7, 11) is 0. The van der Waals surface area contributed by atoms with Gasteiger partial charge in [-0.3, -0.25) is 9.59 Å². The predicted molar refractivity (Wildman–Crippen MR) is 143 cm³/mol. The molecule has 0 unspecified atom stereocenters. The quantitative estimate of drug-likeness (QED) is 0.348. The van der Waals surface area contributed by atoms with Gasteiger partial charge in [-0.15, -0.1) is 24.8 Å². The van der Waals surface area contributed by atoms with Crippen LogP contribution >= 0.6 is 24.8 Å². The van der Waals surface area contributed by atoms with Crippen LogP contribution in [0.25, 0.3) is 0 Å². The van der Waals surface area contributed by atoms with Crippen LogP contribution in [-0.2, 0) is 16.0 Å². The van der Waals surface area contributed by atoms with Gasteiger partial charge in [-0.25, -0.2) is 0 Å². The van der Waals surface area contributed by atoms with E-state index in [1.54, 1.807) is 0 Å². The van der Waals surface area contributed by atoms with Gasteiger partial charge in [0.15, 0.2) is 0 Å². The van der Waals surface area contributed by atoms with Gasteiger partial charge in [-0.2, -0.15) is 0 Å². The highest BCUT2D eigenvalue weighted by Crippen LogP contribution is 2.16. The van der Waals surface area contributed by atoms with Gasteiger partial charge in [0.25, 0.3) is 0 Å². The second kappa shape index (κ2) is 16.5. The number of benzene rings is 2. The Kier molecular flexibility index (Phi) is 15.4. The Bertz CT molecular complexity index is 756. The van der Waals surface area contributed by atoms with Crippen LogP contribution in [0.5, 0.6) is 0 Å². The van der Waals surface area contributed by atoms with Crippen LogP contribution in [0.1, 0.15) is 38.8 Å². The van der Waals surface area contributed by atoms with Crippen LogP contribution in [0.2, 0.25) is 0 Å². The molecule has 0 radical (unpaired) electrons. The third-order valence-electron chi connectivity index (χ3n) is 4.56. The maximum atomic E-state index is 12.0. The third kappa shape index (κ3) is 13.2. The smallest absolute Gasteiger partial charge is 0.238 e. The molecule has 0 heterocycles. The van der Waals surface area contributed by atoms with E-state index in [0.717, 1.165) is 42.0 Å². The van der Waals surface area contributed by atoms with Crippen molar-refractivity contribution in [2.45, 2.75) is 34.1 Å². The van der Waals surface area contributed by atoms with Crippen molar-refractivity contribution >= 4 is 48.0 Å². The summed E-state index contributed by atoms with van der Waals surface area (Å²) in [6.45, 7) is 10.7. The lowest BCUT2D eigenvalue weighted by Gasteiger charge is -2.10. The zero-order valence-corrected chi connectivity index (χ0v) is 21.6. The topological polar surface area (TPSA) is 82.3 Å². The highest BCUT2D eigenvalue weighted by molar-refractivity contribution is 5.92. The molecule has 2 aromatic carbocycles. The minimum absolute atomic E-state index is 0. The Hall–Kier alpha value is -2.12. The molecule has 0 spiro atoms. The number of nitrogens with one attached hydrogen (secondary N) is 4. The van der Waals surface area contributed by atoms with E-state index in [2.05, 4.69) is 49.0 Å². The lowest BCUT2D eigenvalue weighted by Crippen LogP contribution is -2.30. The van der Waals surface area contributed by atoms with Crippen molar-refractivity contribution in [1.29, 1.82) is 0 Å². The summed E-state index contributed by atoms with van der Waals surface area (Å²) in [5.74, 6) is 0.962. The van der Waals surface area contributed by atoms with E-state index in [0.29, 0.717) is 24.9 Å². The van der Waals surface area contributed by atoms with Crippen LogP contribution in [0.4, 0.5) is 11.4 Å².